The highest BCUT2D eigenvalue weighted by atomic mass is 35.5. The Balaban J connectivity index is 1.35. The predicted octanol–water partition coefficient (Wildman–Crippen LogP) is 5.10. The third-order valence-electron chi connectivity index (χ3n) is 5.72. The van der Waals surface area contributed by atoms with Gasteiger partial charge in [0.05, 0.1) is 16.5 Å². The van der Waals surface area contributed by atoms with E-state index in [0.29, 0.717) is 27.3 Å². The van der Waals surface area contributed by atoms with Crippen LogP contribution in [0.4, 0.5) is 0 Å². The van der Waals surface area contributed by atoms with Crippen LogP contribution in [-0.4, -0.2) is 29.2 Å². The standard InChI is InChI=1S/C27H18ClNO6/c28-17-13-11-16(12-14-17)24-25(23(31)20-8-3-4-9-21(20)34-24)35-22(30)10-5-15-29-26(32)18-6-1-2-7-19(18)27(29)33/h1-4,6-9,11-14H,5,10,15H2. The van der Waals surface area contributed by atoms with Crippen molar-refractivity contribution in [3.63, 3.8) is 0 Å². The van der Waals surface area contributed by atoms with Gasteiger partial charge in [-0.3, -0.25) is 24.1 Å². The van der Waals surface area contributed by atoms with Gasteiger partial charge in [-0.2, -0.15) is 0 Å². The minimum atomic E-state index is -0.681. The van der Waals surface area contributed by atoms with Crippen molar-refractivity contribution in [3.05, 3.63) is 99.2 Å². The lowest BCUT2D eigenvalue weighted by Gasteiger charge is -2.14. The fourth-order valence-electron chi connectivity index (χ4n) is 4.00. The van der Waals surface area contributed by atoms with Gasteiger partial charge in [-0.05, 0) is 55.0 Å². The summed E-state index contributed by atoms with van der Waals surface area (Å²) >= 11 is 5.98. The van der Waals surface area contributed by atoms with E-state index in [1.54, 1.807) is 72.8 Å². The van der Waals surface area contributed by atoms with Crippen molar-refractivity contribution >= 4 is 40.4 Å². The third kappa shape index (κ3) is 4.22. The van der Waals surface area contributed by atoms with E-state index in [1.165, 1.54) is 0 Å². The number of hydrogen-bond donors (Lipinski definition) is 0. The lowest BCUT2D eigenvalue weighted by atomic mass is 10.1. The highest BCUT2D eigenvalue weighted by Gasteiger charge is 2.34. The number of fused-ring (bicyclic) bond motifs is 2. The van der Waals surface area contributed by atoms with Crippen LogP contribution in [0.15, 0.2) is 82.0 Å². The third-order valence-corrected chi connectivity index (χ3v) is 5.97. The molecule has 35 heavy (non-hydrogen) atoms. The molecule has 174 valence electrons. The molecule has 0 spiro atoms. The van der Waals surface area contributed by atoms with Crippen LogP contribution in [0.5, 0.6) is 5.75 Å². The summed E-state index contributed by atoms with van der Waals surface area (Å²) in [7, 11) is 0. The minimum absolute atomic E-state index is 0.0534. The van der Waals surface area contributed by atoms with E-state index in [9.17, 15) is 19.2 Å². The van der Waals surface area contributed by atoms with Gasteiger partial charge in [-0.1, -0.05) is 35.9 Å². The van der Waals surface area contributed by atoms with E-state index in [1.807, 2.05) is 0 Å². The Morgan fingerprint density at radius 2 is 1.49 bits per heavy atom. The van der Waals surface area contributed by atoms with Gasteiger partial charge in [0.2, 0.25) is 11.2 Å². The molecule has 5 rings (SSSR count). The van der Waals surface area contributed by atoms with E-state index < -0.39 is 11.4 Å². The first kappa shape index (κ1) is 22.6. The normalized spacial score (nSPS) is 12.8. The molecular formula is C27H18ClNO6. The molecule has 1 aliphatic rings. The van der Waals surface area contributed by atoms with Crippen LogP contribution in [0.3, 0.4) is 0 Å². The lowest BCUT2D eigenvalue weighted by Crippen LogP contribution is -2.31. The Hall–Kier alpha value is -4.23. The van der Waals surface area contributed by atoms with Gasteiger partial charge >= 0.3 is 5.97 Å². The highest BCUT2D eigenvalue weighted by Crippen LogP contribution is 2.32. The molecule has 1 aliphatic heterocycles. The molecule has 0 fully saturated rings. The smallest absolute Gasteiger partial charge is 0.311 e. The van der Waals surface area contributed by atoms with Crippen LogP contribution in [0.1, 0.15) is 33.6 Å². The van der Waals surface area contributed by atoms with Crippen LogP contribution in [0.25, 0.3) is 22.3 Å². The molecule has 0 N–H and O–H groups in total. The average Bonchev–Trinajstić information content (AvgIpc) is 3.11. The largest absolute Gasteiger partial charge is 0.452 e. The molecule has 0 radical (unpaired) electrons. The summed E-state index contributed by atoms with van der Waals surface area (Å²) in [4.78, 5) is 51.9. The first-order valence-electron chi connectivity index (χ1n) is 10.9. The van der Waals surface area contributed by atoms with E-state index in [-0.39, 0.29) is 48.1 Å². The van der Waals surface area contributed by atoms with Crippen molar-refractivity contribution in [2.45, 2.75) is 12.8 Å². The van der Waals surface area contributed by atoms with E-state index >= 15 is 0 Å². The number of ether oxygens (including phenoxy) is 1. The van der Waals surface area contributed by atoms with E-state index in [0.717, 1.165) is 4.90 Å². The van der Waals surface area contributed by atoms with Gasteiger partial charge in [0, 0.05) is 23.6 Å². The number of amides is 2. The number of rotatable bonds is 6. The quantitative estimate of drug-likeness (QED) is 0.277. The number of esters is 1. The summed E-state index contributed by atoms with van der Waals surface area (Å²) in [6.07, 6.45) is 0.0687. The molecule has 1 aromatic heterocycles. The summed E-state index contributed by atoms with van der Waals surface area (Å²) in [6.45, 7) is 0.0534. The van der Waals surface area contributed by atoms with Gasteiger partial charge in [0.1, 0.15) is 5.58 Å². The van der Waals surface area contributed by atoms with E-state index in [2.05, 4.69) is 0 Å². The van der Waals surface area contributed by atoms with Crippen LogP contribution >= 0.6 is 11.6 Å². The first-order chi connectivity index (χ1) is 16.9. The topological polar surface area (TPSA) is 93.9 Å². The number of benzene rings is 3. The molecule has 8 heteroatoms. The second-order valence-electron chi connectivity index (χ2n) is 7.98. The molecule has 4 aromatic rings. The molecule has 3 aromatic carbocycles. The molecule has 7 nitrogen and oxygen atoms in total. The van der Waals surface area contributed by atoms with Gasteiger partial charge in [0.15, 0.2) is 5.76 Å². The molecule has 0 bridgehead atoms. The number of carbonyl (C=O) groups is 3. The van der Waals surface area contributed by atoms with Gasteiger partial charge in [-0.15, -0.1) is 0 Å². The fourth-order valence-corrected chi connectivity index (χ4v) is 4.12. The molecule has 0 atom stereocenters. The Labute approximate surface area is 204 Å². The molecule has 2 heterocycles. The molecule has 0 unspecified atom stereocenters. The number of imide groups is 1. The molecule has 2 amide bonds. The number of halogens is 1. The number of carbonyl (C=O) groups excluding carboxylic acids is 3. The van der Waals surface area contributed by atoms with Crippen molar-refractivity contribution < 1.29 is 23.5 Å². The average molecular weight is 488 g/mol. The van der Waals surface area contributed by atoms with Crippen molar-refractivity contribution in [2.24, 2.45) is 0 Å². The molecule has 0 saturated heterocycles. The SMILES string of the molecule is O=C(CCCN1C(=O)c2ccccc2C1=O)Oc1c(-c2ccc(Cl)cc2)oc2ccccc2c1=O. The number of hydrogen-bond acceptors (Lipinski definition) is 6. The molecular weight excluding hydrogens is 470 g/mol. The fraction of sp³-hybridized carbons (Fsp3) is 0.111. The molecule has 0 saturated carbocycles. The Bertz CT molecular complexity index is 1500. The second kappa shape index (κ2) is 9.19. The summed E-state index contributed by atoms with van der Waals surface area (Å²) in [5, 5.41) is 0.780. The monoisotopic (exact) mass is 487 g/mol. The number of para-hydroxylation sites is 1. The van der Waals surface area contributed by atoms with Crippen molar-refractivity contribution in [1.29, 1.82) is 0 Å². The summed E-state index contributed by atoms with van der Waals surface area (Å²) in [5.74, 6) is -1.58. The lowest BCUT2D eigenvalue weighted by molar-refractivity contribution is -0.134. The number of nitrogens with zero attached hydrogens (tertiary/aromatic N) is 1. The zero-order chi connectivity index (χ0) is 24.5. The Morgan fingerprint density at radius 3 is 2.17 bits per heavy atom. The summed E-state index contributed by atoms with van der Waals surface area (Å²) in [6, 6.07) is 19.9. The summed E-state index contributed by atoms with van der Waals surface area (Å²) < 4.78 is 11.4. The maximum atomic E-state index is 13.2. The molecule has 0 aliphatic carbocycles. The zero-order valence-corrected chi connectivity index (χ0v) is 19.1. The van der Waals surface area contributed by atoms with Crippen molar-refractivity contribution in [2.75, 3.05) is 6.54 Å². The maximum absolute atomic E-state index is 13.2. The van der Waals surface area contributed by atoms with Crippen molar-refractivity contribution in [1.82, 2.24) is 4.90 Å². The van der Waals surface area contributed by atoms with Gasteiger partial charge < -0.3 is 9.15 Å². The van der Waals surface area contributed by atoms with Gasteiger partial charge in [0.25, 0.3) is 11.8 Å². The van der Waals surface area contributed by atoms with Crippen LogP contribution in [0.2, 0.25) is 5.02 Å². The highest BCUT2D eigenvalue weighted by molar-refractivity contribution is 6.30. The maximum Gasteiger partial charge on any atom is 0.311 e. The van der Waals surface area contributed by atoms with Crippen LogP contribution in [-0.2, 0) is 4.79 Å². The summed E-state index contributed by atoms with van der Waals surface area (Å²) in [5.41, 5.74) is 1.09. The van der Waals surface area contributed by atoms with Gasteiger partial charge in [-0.25, -0.2) is 0 Å². The van der Waals surface area contributed by atoms with E-state index in [4.69, 9.17) is 20.8 Å². The minimum Gasteiger partial charge on any atom is -0.452 e. The Kier molecular flexibility index (Phi) is 5.93. The predicted molar refractivity (Wildman–Crippen MR) is 130 cm³/mol. The van der Waals surface area contributed by atoms with Crippen molar-refractivity contribution in [3.8, 4) is 17.1 Å². The van der Waals surface area contributed by atoms with Crippen LogP contribution < -0.4 is 10.2 Å². The Morgan fingerprint density at radius 1 is 0.857 bits per heavy atom. The first-order valence-corrected chi connectivity index (χ1v) is 11.3. The zero-order valence-electron chi connectivity index (χ0n) is 18.3. The second-order valence-corrected chi connectivity index (χ2v) is 8.41. The van der Waals surface area contributed by atoms with Crippen LogP contribution in [0, 0.1) is 0 Å².